The van der Waals surface area contributed by atoms with E-state index in [4.69, 9.17) is 0 Å². The Hall–Kier alpha value is -2.21. The third kappa shape index (κ3) is 4.04. The molecule has 0 aliphatic heterocycles. The van der Waals surface area contributed by atoms with Crippen LogP contribution in [0.25, 0.3) is 0 Å². The van der Waals surface area contributed by atoms with Gasteiger partial charge >= 0.3 is 0 Å². The van der Waals surface area contributed by atoms with Crippen LogP contribution < -0.4 is 10.6 Å². The molecule has 88 valence electrons. The number of halogens is 1. The van der Waals surface area contributed by atoms with Gasteiger partial charge in [0.15, 0.2) is 0 Å². The molecular formula is C14H15FN2. The van der Waals surface area contributed by atoms with Crippen molar-refractivity contribution in [1.29, 1.82) is 0 Å². The summed E-state index contributed by atoms with van der Waals surface area (Å²) in [5.74, 6) is -0.262. The van der Waals surface area contributed by atoms with Gasteiger partial charge in [0.1, 0.15) is 5.82 Å². The topological polar surface area (TPSA) is 24.1 Å². The summed E-state index contributed by atoms with van der Waals surface area (Å²) in [5, 5.41) is 6.07. The van der Waals surface area contributed by atoms with Gasteiger partial charge in [-0.3, -0.25) is 0 Å². The van der Waals surface area contributed by atoms with Gasteiger partial charge in [-0.25, -0.2) is 4.39 Å². The van der Waals surface area contributed by atoms with Crippen molar-refractivity contribution >= 4 is 5.69 Å². The molecule has 17 heavy (non-hydrogen) atoms. The molecule has 0 aliphatic rings. The molecule has 0 aliphatic carbocycles. The molecule has 0 saturated carbocycles. The molecule has 0 heterocycles. The molecule has 1 rings (SSSR count). The zero-order chi connectivity index (χ0) is 12.7. The summed E-state index contributed by atoms with van der Waals surface area (Å²) in [6, 6.07) is 6.10. The van der Waals surface area contributed by atoms with Gasteiger partial charge in [0, 0.05) is 19.2 Å². The van der Waals surface area contributed by atoms with E-state index in [0.29, 0.717) is 6.42 Å². The van der Waals surface area contributed by atoms with Gasteiger partial charge in [-0.2, -0.15) is 0 Å². The highest BCUT2D eigenvalue weighted by Gasteiger charge is 2.01. The first kappa shape index (κ1) is 12.9. The summed E-state index contributed by atoms with van der Waals surface area (Å²) in [5.41, 5.74) is 7.98. The van der Waals surface area contributed by atoms with Gasteiger partial charge in [-0.05, 0) is 24.3 Å². The van der Waals surface area contributed by atoms with Crippen LogP contribution in [0.15, 0.2) is 60.3 Å². The van der Waals surface area contributed by atoms with E-state index in [2.05, 4.69) is 35.3 Å². The lowest BCUT2D eigenvalue weighted by molar-refractivity contribution is 0.628. The summed E-state index contributed by atoms with van der Waals surface area (Å²) in [7, 11) is 1.80. The second kappa shape index (κ2) is 6.39. The average Bonchev–Trinajstić information content (AvgIpc) is 2.37. The summed E-state index contributed by atoms with van der Waals surface area (Å²) < 4.78 is 12.7. The maximum absolute atomic E-state index is 12.7. The predicted molar refractivity (Wildman–Crippen MR) is 69.0 cm³/mol. The maximum Gasteiger partial charge on any atom is 0.123 e. The third-order valence-electron chi connectivity index (χ3n) is 2.22. The first-order valence-electron chi connectivity index (χ1n) is 5.17. The van der Waals surface area contributed by atoms with Crippen molar-refractivity contribution in [3.05, 3.63) is 66.1 Å². The number of anilines is 1. The fraction of sp³-hybridized carbons (Fsp3) is 0.143. The van der Waals surface area contributed by atoms with E-state index in [0.717, 1.165) is 17.1 Å². The molecule has 0 radical (unpaired) electrons. The Labute approximate surface area is 101 Å². The van der Waals surface area contributed by atoms with Gasteiger partial charge < -0.3 is 10.6 Å². The number of hydrogen-bond donors (Lipinski definition) is 2. The largest absolute Gasteiger partial charge is 0.385 e. The molecular weight excluding hydrogens is 215 g/mol. The highest BCUT2D eigenvalue weighted by atomic mass is 19.1. The summed E-state index contributed by atoms with van der Waals surface area (Å²) in [6.07, 6.45) is 0.570. The Morgan fingerprint density at radius 2 is 1.76 bits per heavy atom. The standard InChI is InChI=1S/C14H15FN2/c1-4-12(16-3)10-13(5-2)17-14-8-6-11(15)7-9-14/h6-9,16-17H,1-2,10H2,3H3. The Balaban J connectivity index is 2.75. The molecule has 3 heteroatoms. The van der Waals surface area contributed by atoms with Crippen LogP contribution in [0.4, 0.5) is 10.1 Å². The molecule has 0 aromatic heterocycles. The van der Waals surface area contributed by atoms with Gasteiger partial charge in [-0.15, -0.1) is 11.5 Å². The van der Waals surface area contributed by atoms with Crippen LogP contribution in [-0.4, -0.2) is 7.05 Å². The van der Waals surface area contributed by atoms with Crippen molar-refractivity contribution in [3.8, 4) is 0 Å². The maximum atomic E-state index is 12.7. The molecule has 2 N–H and O–H groups in total. The molecule has 0 bridgehead atoms. The number of hydrogen-bond acceptors (Lipinski definition) is 2. The summed E-state index contributed by atoms with van der Waals surface area (Å²) in [4.78, 5) is 0. The molecule has 1 aromatic rings. The van der Waals surface area contributed by atoms with Crippen molar-refractivity contribution in [2.75, 3.05) is 12.4 Å². The average molecular weight is 230 g/mol. The number of rotatable bonds is 5. The zero-order valence-corrected chi connectivity index (χ0v) is 9.81. The minimum absolute atomic E-state index is 0.262. The van der Waals surface area contributed by atoms with E-state index in [1.807, 2.05) is 0 Å². The summed E-state index contributed by atoms with van der Waals surface area (Å²) in [6.45, 7) is 7.18. The molecule has 1 aromatic carbocycles. The Kier molecular flexibility index (Phi) is 4.83. The SMILES string of the molecule is C=C=C(CC(=C=C)Nc1ccc(F)cc1)NC. The van der Waals surface area contributed by atoms with E-state index < -0.39 is 0 Å². The Morgan fingerprint density at radius 1 is 1.18 bits per heavy atom. The second-order valence-electron chi connectivity index (χ2n) is 3.37. The van der Waals surface area contributed by atoms with Crippen LogP contribution in [0.1, 0.15) is 6.42 Å². The van der Waals surface area contributed by atoms with Gasteiger partial charge in [-0.1, -0.05) is 13.2 Å². The van der Waals surface area contributed by atoms with E-state index in [1.165, 1.54) is 12.1 Å². The van der Waals surface area contributed by atoms with Gasteiger partial charge in [0.2, 0.25) is 0 Å². The number of nitrogens with one attached hydrogen (secondary N) is 2. The van der Waals surface area contributed by atoms with Crippen molar-refractivity contribution in [1.82, 2.24) is 5.32 Å². The fourth-order valence-electron chi connectivity index (χ4n) is 1.27. The fourth-order valence-corrected chi connectivity index (χ4v) is 1.27. The quantitative estimate of drug-likeness (QED) is 0.759. The van der Waals surface area contributed by atoms with E-state index in [9.17, 15) is 4.39 Å². The van der Waals surface area contributed by atoms with Crippen LogP contribution in [-0.2, 0) is 0 Å². The highest BCUT2D eigenvalue weighted by molar-refractivity contribution is 5.48. The van der Waals surface area contributed by atoms with Crippen molar-refractivity contribution < 1.29 is 4.39 Å². The van der Waals surface area contributed by atoms with Crippen LogP contribution >= 0.6 is 0 Å². The molecule has 0 amide bonds. The van der Waals surface area contributed by atoms with Crippen molar-refractivity contribution in [3.63, 3.8) is 0 Å². The minimum Gasteiger partial charge on any atom is -0.385 e. The lowest BCUT2D eigenvalue weighted by atomic mass is 10.2. The van der Waals surface area contributed by atoms with E-state index in [-0.39, 0.29) is 5.82 Å². The van der Waals surface area contributed by atoms with E-state index >= 15 is 0 Å². The summed E-state index contributed by atoms with van der Waals surface area (Å²) >= 11 is 0. The number of benzene rings is 1. The molecule has 2 nitrogen and oxygen atoms in total. The van der Waals surface area contributed by atoms with Crippen LogP contribution in [0.3, 0.4) is 0 Å². The molecule has 0 fully saturated rings. The zero-order valence-electron chi connectivity index (χ0n) is 9.81. The van der Waals surface area contributed by atoms with Gasteiger partial charge in [0.05, 0.1) is 11.4 Å². The normalized spacial score (nSPS) is 8.82. The lowest BCUT2D eigenvalue weighted by Crippen LogP contribution is -2.08. The lowest BCUT2D eigenvalue weighted by Gasteiger charge is -2.10. The second-order valence-corrected chi connectivity index (χ2v) is 3.37. The Morgan fingerprint density at radius 3 is 2.24 bits per heavy atom. The first-order chi connectivity index (χ1) is 8.19. The molecule has 0 atom stereocenters. The predicted octanol–water partition coefficient (Wildman–Crippen LogP) is 3.18. The van der Waals surface area contributed by atoms with Gasteiger partial charge in [0.25, 0.3) is 0 Å². The Bertz CT molecular complexity index is 475. The highest BCUT2D eigenvalue weighted by Crippen LogP contribution is 2.14. The van der Waals surface area contributed by atoms with Crippen LogP contribution in [0.2, 0.25) is 0 Å². The monoisotopic (exact) mass is 230 g/mol. The molecule has 0 spiro atoms. The van der Waals surface area contributed by atoms with E-state index in [1.54, 1.807) is 19.2 Å². The first-order valence-corrected chi connectivity index (χ1v) is 5.17. The van der Waals surface area contributed by atoms with Crippen LogP contribution in [0.5, 0.6) is 0 Å². The smallest absolute Gasteiger partial charge is 0.123 e. The molecule has 0 saturated heterocycles. The third-order valence-corrected chi connectivity index (χ3v) is 2.22. The minimum atomic E-state index is -0.262. The van der Waals surface area contributed by atoms with Crippen LogP contribution in [0, 0.1) is 5.82 Å². The van der Waals surface area contributed by atoms with Crippen molar-refractivity contribution in [2.45, 2.75) is 6.42 Å². The van der Waals surface area contributed by atoms with Crippen molar-refractivity contribution in [2.24, 2.45) is 0 Å². The molecule has 0 unspecified atom stereocenters.